The summed E-state index contributed by atoms with van der Waals surface area (Å²) < 4.78 is 18.1. The lowest BCUT2D eigenvalue weighted by atomic mass is 10.0. The Morgan fingerprint density at radius 3 is 2.69 bits per heavy atom. The summed E-state index contributed by atoms with van der Waals surface area (Å²) >= 11 is 0. The van der Waals surface area contributed by atoms with Gasteiger partial charge in [-0.1, -0.05) is 13.8 Å². The topological polar surface area (TPSA) is 80.2 Å². The molecule has 0 unspecified atom stereocenters. The van der Waals surface area contributed by atoms with Gasteiger partial charge in [0.2, 0.25) is 12.6 Å². The molecular formula is C20H32N6O3+2. The zero-order valence-electron chi connectivity index (χ0n) is 17.6. The van der Waals surface area contributed by atoms with Crippen molar-refractivity contribution in [3.63, 3.8) is 0 Å². The van der Waals surface area contributed by atoms with Crippen LogP contribution in [-0.2, 0) is 17.8 Å². The number of hydrogen-bond donors (Lipinski definition) is 2. The van der Waals surface area contributed by atoms with Crippen molar-refractivity contribution in [1.29, 1.82) is 0 Å². The molecule has 0 amide bonds. The summed E-state index contributed by atoms with van der Waals surface area (Å²) in [7, 11) is 1.71. The van der Waals surface area contributed by atoms with Gasteiger partial charge in [-0.25, -0.2) is 4.68 Å². The van der Waals surface area contributed by atoms with E-state index in [1.54, 1.807) is 16.9 Å². The van der Waals surface area contributed by atoms with Gasteiger partial charge in [-0.2, -0.15) is 0 Å². The van der Waals surface area contributed by atoms with E-state index in [9.17, 15) is 0 Å². The summed E-state index contributed by atoms with van der Waals surface area (Å²) in [6, 6.07) is 6.59. The average Bonchev–Trinajstić information content (AvgIpc) is 3.37. The molecule has 0 aliphatic carbocycles. The van der Waals surface area contributed by atoms with Gasteiger partial charge in [0.15, 0.2) is 17.5 Å². The maximum absolute atomic E-state index is 5.52. The van der Waals surface area contributed by atoms with Crippen LogP contribution in [-0.4, -0.2) is 66.9 Å². The first-order chi connectivity index (χ1) is 14.2. The summed E-state index contributed by atoms with van der Waals surface area (Å²) in [5, 5.41) is 12.5. The molecule has 1 aromatic heterocycles. The first kappa shape index (κ1) is 20.1. The van der Waals surface area contributed by atoms with Gasteiger partial charge in [0, 0.05) is 18.6 Å². The highest BCUT2D eigenvalue weighted by molar-refractivity contribution is 5.44. The van der Waals surface area contributed by atoms with Crippen molar-refractivity contribution < 1.29 is 24.0 Å². The monoisotopic (exact) mass is 404 g/mol. The Hall–Kier alpha value is -2.23. The van der Waals surface area contributed by atoms with Gasteiger partial charge in [0.1, 0.15) is 32.7 Å². The molecule has 0 radical (unpaired) electrons. The molecule has 2 aliphatic heterocycles. The first-order valence-electron chi connectivity index (χ1n) is 10.5. The number of quaternary nitrogens is 2. The summed E-state index contributed by atoms with van der Waals surface area (Å²) in [5.74, 6) is 3.16. The van der Waals surface area contributed by atoms with Crippen LogP contribution in [0.3, 0.4) is 0 Å². The highest BCUT2D eigenvalue weighted by atomic mass is 16.7. The van der Waals surface area contributed by atoms with E-state index in [0.29, 0.717) is 31.9 Å². The molecule has 1 fully saturated rings. The third kappa shape index (κ3) is 4.52. The van der Waals surface area contributed by atoms with Crippen LogP contribution in [0.25, 0.3) is 0 Å². The molecule has 4 rings (SSSR count). The molecule has 9 nitrogen and oxygen atoms in total. The Labute approximate surface area is 171 Å². The zero-order valence-corrected chi connectivity index (χ0v) is 17.6. The minimum atomic E-state index is 0.300. The van der Waals surface area contributed by atoms with Crippen molar-refractivity contribution in [3.8, 4) is 11.5 Å². The normalized spacial score (nSPS) is 22.2. The lowest BCUT2D eigenvalue weighted by molar-refractivity contribution is -1.03. The van der Waals surface area contributed by atoms with E-state index in [-0.39, 0.29) is 0 Å². The summed E-state index contributed by atoms with van der Waals surface area (Å²) in [6.07, 6.45) is 0. The van der Waals surface area contributed by atoms with Crippen LogP contribution < -0.4 is 19.3 Å². The minimum absolute atomic E-state index is 0.300. The Kier molecular flexibility index (Phi) is 6.27. The van der Waals surface area contributed by atoms with Crippen molar-refractivity contribution in [3.05, 3.63) is 29.6 Å². The number of piperazine rings is 1. The average molecular weight is 405 g/mol. The molecule has 1 aromatic carbocycles. The van der Waals surface area contributed by atoms with E-state index < -0.39 is 0 Å². The number of ether oxygens (including phenoxy) is 3. The molecule has 29 heavy (non-hydrogen) atoms. The van der Waals surface area contributed by atoms with Gasteiger partial charge >= 0.3 is 0 Å². The van der Waals surface area contributed by atoms with E-state index in [2.05, 4.69) is 41.5 Å². The van der Waals surface area contributed by atoms with Gasteiger partial charge in [-0.3, -0.25) is 0 Å². The van der Waals surface area contributed by atoms with Crippen molar-refractivity contribution >= 4 is 0 Å². The third-order valence-corrected chi connectivity index (χ3v) is 5.94. The van der Waals surface area contributed by atoms with Crippen molar-refractivity contribution in [1.82, 2.24) is 20.2 Å². The van der Waals surface area contributed by atoms with Gasteiger partial charge in [0.05, 0.1) is 13.2 Å². The van der Waals surface area contributed by atoms with Crippen LogP contribution in [0, 0.1) is 5.92 Å². The highest BCUT2D eigenvalue weighted by Crippen LogP contribution is 2.32. The molecule has 158 valence electrons. The number of rotatable bonds is 8. The number of nitrogens with zero attached hydrogens (tertiary/aromatic N) is 4. The van der Waals surface area contributed by atoms with Crippen LogP contribution in [0.5, 0.6) is 11.5 Å². The van der Waals surface area contributed by atoms with Crippen LogP contribution >= 0.6 is 0 Å². The first-order valence-corrected chi connectivity index (χ1v) is 10.5. The number of tetrazole rings is 1. The third-order valence-electron chi connectivity index (χ3n) is 5.94. The second-order valence-electron chi connectivity index (χ2n) is 8.25. The number of aromatic nitrogens is 4. The van der Waals surface area contributed by atoms with E-state index >= 15 is 0 Å². The predicted octanol–water partition coefficient (Wildman–Crippen LogP) is -1.27. The molecule has 1 atom stereocenters. The number of hydrogen-bond acceptors (Lipinski definition) is 6. The Morgan fingerprint density at radius 2 is 1.93 bits per heavy atom. The minimum Gasteiger partial charge on any atom is -0.454 e. The van der Waals surface area contributed by atoms with Gasteiger partial charge in [0.25, 0.3) is 0 Å². The van der Waals surface area contributed by atoms with E-state index in [4.69, 9.17) is 14.2 Å². The molecule has 0 spiro atoms. The fraction of sp³-hybridized carbons (Fsp3) is 0.650. The molecule has 2 N–H and O–H groups in total. The van der Waals surface area contributed by atoms with Crippen LogP contribution in [0.4, 0.5) is 0 Å². The zero-order chi connectivity index (χ0) is 20.2. The molecule has 2 aliphatic rings. The number of fused-ring (bicyclic) bond motifs is 1. The molecule has 0 bridgehead atoms. The molecule has 2 aromatic rings. The SMILES string of the molecule is COCCn1nnnc1[C@H](C(C)C)[NH+]1CC[NH+](Cc2ccc3c(c2)OCO3)CC1. The fourth-order valence-corrected chi connectivity index (χ4v) is 4.48. The van der Waals surface area contributed by atoms with Crippen molar-refractivity contribution in [2.75, 3.05) is 46.7 Å². The maximum Gasteiger partial charge on any atom is 0.231 e. The molecule has 0 saturated carbocycles. The summed E-state index contributed by atoms with van der Waals surface area (Å²) in [5.41, 5.74) is 1.30. The Bertz CT molecular complexity index is 803. The van der Waals surface area contributed by atoms with Gasteiger partial charge in [-0.05, 0) is 28.6 Å². The van der Waals surface area contributed by atoms with Gasteiger partial charge in [-0.15, -0.1) is 5.10 Å². The standard InChI is InChI=1S/C20H30N6O3/c1-15(2)19(20-21-22-23-26(20)10-11-27-3)25-8-6-24(7-9-25)13-16-4-5-17-18(12-16)29-14-28-17/h4-5,12,15,19H,6-11,13-14H2,1-3H3/p+2/t19-/m0/s1. The molecule has 1 saturated heterocycles. The Balaban J connectivity index is 1.38. The van der Waals surface area contributed by atoms with E-state index in [1.165, 1.54) is 5.56 Å². The smallest absolute Gasteiger partial charge is 0.231 e. The van der Waals surface area contributed by atoms with Crippen LogP contribution in [0.2, 0.25) is 0 Å². The fourth-order valence-electron chi connectivity index (χ4n) is 4.48. The second kappa shape index (κ2) is 9.06. The molecular weight excluding hydrogens is 372 g/mol. The van der Waals surface area contributed by atoms with Crippen molar-refractivity contribution in [2.45, 2.75) is 33.0 Å². The quantitative estimate of drug-likeness (QED) is 0.571. The lowest BCUT2D eigenvalue weighted by Crippen LogP contribution is -3.27. The van der Waals surface area contributed by atoms with E-state index in [1.807, 2.05) is 10.7 Å². The maximum atomic E-state index is 5.52. The largest absolute Gasteiger partial charge is 0.454 e. The number of benzene rings is 1. The van der Waals surface area contributed by atoms with Crippen LogP contribution in [0.1, 0.15) is 31.3 Å². The number of methoxy groups -OCH3 is 1. The van der Waals surface area contributed by atoms with Gasteiger partial charge < -0.3 is 24.0 Å². The summed E-state index contributed by atoms with van der Waals surface area (Å²) in [6.45, 7) is 11.7. The summed E-state index contributed by atoms with van der Waals surface area (Å²) in [4.78, 5) is 3.18. The highest BCUT2D eigenvalue weighted by Gasteiger charge is 2.36. The lowest BCUT2D eigenvalue weighted by Gasteiger charge is -2.35. The molecule has 9 heteroatoms. The Morgan fingerprint density at radius 1 is 1.14 bits per heavy atom. The second-order valence-corrected chi connectivity index (χ2v) is 8.25. The number of nitrogens with one attached hydrogen (secondary N) is 2. The predicted molar refractivity (Wildman–Crippen MR) is 105 cm³/mol. The van der Waals surface area contributed by atoms with E-state index in [0.717, 1.165) is 50.0 Å². The van der Waals surface area contributed by atoms with Crippen molar-refractivity contribution in [2.24, 2.45) is 5.92 Å². The van der Waals surface area contributed by atoms with Crippen LogP contribution in [0.15, 0.2) is 18.2 Å². The molecule has 3 heterocycles.